The number of hydrogen-bond donors (Lipinski definition) is 1. The highest BCUT2D eigenvalue weighted by Gasteiger charge is 2.48. The number of hydrogen-bond acceptors (Lipinski definition) is 8. The number of ketones is 1. The van der Waals surface area contributed by atoms with Gasteiger partial charge in [-0.15, -0.1) is 0 Å². The maximum absolute atomic E-state index is 13.7. The van der Waals surface area contributed by atoms with Gasteiger partial charge in [-0.2, -0.15) is 0 Å². The molecule has 1 aromatic heterocycles. The Bertz CT molecular complexity index is 1910. The lowest BCUT2D eigenvalue weighted by Gasteiger charge is -2.51. The Labute approximate surface area is 307 Å². The molecule has 1 amide bonds. The fraction of sp³-hybridized carbons (Fsp3) is 0.550. The van der Waals surface area contributed by atoms with Crippen LogP contribution in [0.15, 0.2) is 55.0 Å². The van der Waals surface area contributed by atoms with Gasteiger partial charge in [0.05, 0.1) is 23.2 Å². The minimum atomic E-state index is -3.95. The van der Waals surface area contributed by atoms with Gasteiger partial charge in [0.2, 0.25) is 10.0 Å². The van der Waals surface area contributed by atoms with Crippen molar-refractivity contribution in [3.8, 4) is 5.75 Å². The monoisotopic (exact) mass is 732 g/mol. The first kappa shape index (κ1) is 35.9. The number of ether oxygens (including phenoxy) is 1. The SMILES string of the molecule is C[C@@H]1[C@@H](C)CCC[C@](C)(CC(=O)Cc2ccncn2)[C@@H]2CC[C@H]2CN2C[C@@]3(CCCc4cc(Cl)ccc43)COc3ccc(cc32)C(=O)NS1(=O)=O. The largest absolute Gasteiger partial charge is 0.490 e. The third kappa shape index (κ3) is 7.28. The molecule has 2 bridgehead atoms. The number of carbonyl (C=O) groups is 2. The molecule has 1 spiro atoms. The molecule has 6 atom stereocenters. The number of amides is 1. The van der Waals surface area contributed by atoms with E-state index in [1.54, 1.807) is 25.3 Å². The summed E-state index contributed by atoms with van der Waals surface area (Å²) in [5.74, 6) is 0.689. The number of benzene rings is 2. The first-order chi connectivity index (χ1) is 24.4. The van der Waals surface area contributed by atoms with Crippen molar-refractivity contribution in [2.24, 2.45) is 23.2 Å². The van der Waals surface area contributed by atoms with Crippen LogP contribution in [0.3, 0.4) is 0 Å². The van der Waals surface area contributed by atoms with Gasteiger partial charge in [0.1, 0.15) is 17.9 Å². The van der Waals surface area contributed by atoms with E-state index in [4.69, 9.17) is 16.3 Å². The van der Waals surface area contributed by atoms with E-state index < -0.39 is 21.2 Å². The van der Waals surface area contributed by atoms with Gasteiger partial charge in [-0.1, -0.05) is 37.9 Å². The Morgan fingerprint density at radius 1 is 1.08 bits per heavy atom. The summed E-state index contributed by atoms with van der Waals surface area (Å²) in [7, 11) is -3.95. The number of nitrogens with one attached hydrogen (secondary N) is 1. The van der Waals surface area contributed by atoms with Crippen LogP contribution in [0, 0.1) is 23.2 Å². The fourth-order valence-corrected chi connectivity index (χ4v) is 10.9. The molecule has 7 rings (SSSR count). The van der Waals surface area contributed by atoms with Crippen molar-refractivity contribution in [1.29, 1.82) is 0 Å². The van der Waals surface area contributed by atoms with Gasteiger partial charge in [-0.05, 0) is 123 Å². The molecule has 4 aliphatic rings. The van der Waals surface area contributed by atoms with E-state index >= 15 is 0 Å². The Balaban J connectivity index is 1.27. The van der Waals surface area contributed by atoms with Crippen LogP contribution in [0.25, 0.3) is 0 Å². The molecule has 2 aliphatic heterocycles. The second kappa shape index (κ2) is 14.1. The highest BCUT2D eigenvalue weighted by molar-refractivity contribution is 7.90. The van der Waals surface area contributed by atoms with E-state index in [1.165, 1.54) is 17.5 Å². The second-order valence-electron chi connectivity index (χ2n) is 16.0. The van der Waals surface area contributed by atoms with Crippen molar-refractivity contribution in [3.05, 3.63) is 82.4 Å². The summed E-state index contributed by atoms with van der Waals surface area (Å²) in [6, 6.07) is 13.3. The average Bonchev–Trinajstić information content (AvgIpc) is 3.22. The van der Waals surface area contributed by atoms with Crippen LogP contribution in [0.4, 0.5) is 5.69 Å². The molecule has 9 nitrogen and oxygen atoms in total. The smallest absolute Gasteiger partial charge is 0.264 e. The first-order valence-corrected chi connectivity index (χ1v) is 20.4. The number of rotatable bonds is 4. The Morgan fingerprint density at radius 2 is 1.92 bits per heavy atom. The Hall–Kier alpha value is -3.50. The molecule has 51 heavy (non-hydrogen) atoms. The number of anilines is 1. The highest BCUT2D eigenvalue weighted by Crippen LogP contribution is 2.53. The number of halogens is 1. The van der Waals surface area contributed by atoms with E-state index in [1.807, 2.05) is 25.1 Å². The maximum Gasteiger partial charge on any atom is 0.264 e. The Morgan fingerprint density at radius 3 is 2.69 bits per heavy atom. The second-order valence-corrected chi connectivity index (χ2v) is 18.5. The maximum atomic E-state index is 13.7. The lowest BCUT2D eigenvalue weighted by Crippen LogP contribution is -2.50. The predicted octanol–water partition coefficient (Wildman–Crippen LogP) is 7.11. The molecule has 11 heteroatoms. The van der Waals surface area contributed by atoms with Crippen LogP contribution in [-0.4, -0.2) is 55.0 Å². The minimum absolute atomic E-state index is 0.164. The van der Waals surface area contributed by atoms with Crippen LogP contribution < -0.4 is 14.4 Å². The van der Waals surface area contributed by atoms with Crippen LogP contribution in [-0.2, 0) is 33.1 Å². The summed E-state index contributed by atoms with van der Waals surface area (Å²) in [5.41, 5.74) is 3.78. The van der Waals surface area contributed by atoms with Gasteiger partial charge in [0.25, 0.3) is 5.91 Å². The lowest BCUT2D eigenvalue weighted by atomic mass is 9.56. The number of fused-ring (bicyclic) bond motifs is 4. The molecule has 3 heterocycles. The van der Waals surface area contributed by atoms with Gasteiger partial charge in [0.15, 0.2) is 0 Å². The Kier molecular flexibility index (Phi) is 9.95. The molecule has 1 saturated carbocycles. The summed E-state index contributed by atoms with van der Waals surface area (Å²) in [6.45, 7) is 7.82. The number of carbonyl (C=O) groups excluding carboxylic acids is 2. The summed E-state index contributed by atoms with van der Waals surface area (Å²) >= 11 is 6.47. The predicted molar refractivity (Wildman–Crippen MR) is 199 cm³/mol. The number of Topliss-reactive ketones (excluding diaryl/α,β-unsaturated/α-hetero) is 1. The van der Waals surface area contributed by atoms with Crippen LogP contribution in [0.2, 0.25) is 5.02 Å². The average molecular weight is 733 g/mol. The molecule has 0 saturated heterocycles. The summed E-state index contributed by atoms with van der Waals surface area (Å²) in [5, 5.41) is -0.0364. The first-order valence-electron chi connectivity index (χ1n) is 18.5. The number of aryl methyl sites for hydroxylation is 1. The topological polar surface area (TPSA) is 119 Å². The van der Waals surface area contributed by atoms with Crippen molar-refractivity contribution in [2.75, 3.05) is 24.6 Å². The zero-order valence-corrected chi connectivity index (χ0v) is 31.4. The van der Waals surface area contributed by atoms with Gasteiger partial charge in [-0.25, -0.2) is 23.1 Å². The van der Waals surface area contributed by atoms with Crippen molar-refractivity contribution in [3.63, 3.8) is 0 Å². The van der Waals surface area contributed by atoms with Crippen LogP contribution in [0.5, 0.6) is 5.75 Å². The summed E-state index contributed by atoms with van der Waals surface area (Å²) in [6.07, 6.45) is 11.2. The zero-order valence-electron chi connectivity index (χ0n) is 29.9. The molecule has 0 radical (unpaired) electrons. The van der Waals surface area contributed by atoms with Gasteiger partial charge >= 0.3 is 0 Å². The fourth-order valence-electron chi connectivity index (χ4n) is 9.44. The number of aromatic nitrogens is 2. The molecule has 1 N–H and O–H groups in total. The molecule has 272 valence electrons. The molecule has 0 unspecified atom stereocenters. The van der Waals surface area contributed by atoms with Crippen LogP contribution >= 0.6 is 11.6 Å². The number of sulfonamides is 1. The van der Waals surface area contributed by atoms with E-state index in [9.17, 15) is 18.0 Å². The summed E-state index contributed by atoms with van der Waals surface area (Å²) < 4.78 is 36.1. The molecule has 2 aromatic carbocycles. The minimum Gasteiger partial charge on any atom is -0.490 e. The van der Waals surface area contributed by atoms with Crippen molar-refractivity contribution >= 4 is 39.0 Å². The third-order valence-electron chi connectivity index (χ3n) is 12.6. The van der Waals surface area contributed by atoms with E-state index in [0.717, 1.165) is 67.9 Å². The molecule has 1 fully saturated rings. The van der Waals surface area contributed by atoms with Crippen molar-refractivity contribution in [2.45, 2.75) is 95.6 Å². The molecular formula is C40H49ClN4O5S. The lowest BCUT2D eigenvalue weighted by molar-refractivity contribution is -0.123. The van der Waals surface area contributed by atoms with Gasteiger partial charge in [0, 0.05) is 48.1 Å². The van der Waals surface area contributed by atoms with E-state index in [2.05, 4.69) is 38.6 Å². The molecular weight excluding hydrogens is 684 g/mol. The normalized spacial score (nSPS) is 30.5. The number of nitrogens with zero attached hydrogens (tertiary/aromatic N) is 3. The highest BCUT2D eigenvalue weighted by atomic mass is 35.5. The quantitative estimate of drug-likeness (QED) is 0.302. The van der Waals surface area contributed by atoms with Gasteiger partial charge in [-0.3, -0.25) is 9.59 Å². The van der Waals surface area contributed by atoms with Crippen LogP contribution in [0.1, 0.15) is 99.3 Å². The molecule has 3 aromatic rings. The summed E-state index contributed by atoms with van der Waals surface area (Å²) in [4.78, 5) is 38.0. The molecule has 2 aliphatic carbocycles. The van der Waals surface area contributed by atoms with E-state index in [-0.39, 0.29) is 34.5 Å². The van der Waals surface area contributed by atoms with Crippen molar-refractivity contribution < 1.29 is 22.7 Å². The standard InChI is InChI=1S/C40H49ClN4O5S/c1-26-6-4-15-39(3,21-33(46)20-32-14-17-42-25-43-32)34-11-8-30(34)22-45-23-40(16-5-7-28-18-31(41)10-12-35(28)40)24-50-37-13-9-29(19-36(37)45)38(47)44-51(48,49)27(26)2/h9-10,12-14,17-19,25-27,30,34H,4-8,11,15-16,20-24H2,1-3H3,(H,44,47)/t26-,27+,30-,34+,39+,40-/m0/s1. The third-order valence-corrected chi connectivity index (χ3v) is 14.8. The van der Waals surface area contributed by atoms with Gasteiger partial charge < -0.3 is 9.64 Å². The zero-order chi connectivity index (χ0) is 36.0. The van der Waals surface area contributed by atoms with Crippen molar-refractivity contribution in [1.82, 2.24) is 14.7 Å². The van der Waals surface area contributed by atoms with E-state index in [0.29, 0.717) is 43.6 Å².